The third-order valence-corrected chi connectivity index (χ3v) is 3.39. The Kier molecular flexibility index (Phi) is 6.19. The molecule has 1 aromatic rings. The van der Waals surface area contributed by atoms with Gasteiger partial charge in [-0.25, -0.2) is 0 Å². The smallest absolute Gasteiger partial charge is 0.0885 e. The number of rotatable bonds is 8. The van der Waals surface area contributed by atoms with Gasteiger partial charge >= 0.3 is 0 Å². The lowest BCUT2D eigenvalue weighted by atomic mass is 10.0. The van der Waals surface area contributed by atoms with Crippen molar-refractivity contribution < 1.29 is 4.74 Å². The lowest BCUT2D eigenvalue weighted by Crippen LogP contribution is -2.26. The molecule has 0 aromatic carbocycles. The normalized spacial score (nSPS) is 12.7. The van der Waals surface area contributed by atoms with Crippen molar-refractivity contribution in [1.82, 2.24) is 5.32 Å². The number of thiophene rings is 1. The van der Waals surface area contributed by atoms with Crippen LogP contribution in [0.1, 0.15) is 31.2 Å². The summed E-state index contributed by atoms with van der Waals surface area (Å²) >= 11 is 1.82. The molecule has 16 heavy (non-hydrogen) atoms. The molecule has 0 aliphatic heterocycles. The number of hydrogen-bond donors (Lipinski definition) is 1. The lowest BCUT2D eigenvalue weighted by molar-refractivity contribution is 0.241. The summed E-state index contributed by atoms with van der Waals surface area (Å²) in [4.78, 5) is 1.42. The van der Waals surface area contributed by atoms with Gasteiger partial charge in [0.25, 0.3) is 0 Å². The van der Waals surface area contributed by atoms with Crippen LogP contribution in [-0.2, 0) is 4.74 Å². The maximum atomic E-state index is 5.09. The van der Waals surface area contributed by atoms with Crippen molar-refractivity contribution in [2.24, 2.45) is 5.92 Å². The van der Waals surface area contributed by atoms with Crippen LogP contribution >= 0.6 is 11.3 Å². The fraction of sp³-hybridized carbons (Fsp3) is 0.538. The van der Waals surface area contributed by atoms with Crippen LogP contribution < -0.4 is 5.32 Å². The molecule has 0 spiro atoms. The quantitative estimate of drug-likeness (QED) is 0.553. The monoisotopic (exact) mass is 239 g/mol. The summed E-state index contributed by atoms with van der Waals surface area (Å²) in [5.74, 6) is 0.610. The first kappa shape index (κ1) is 13.3. The summed E-state index contributed by atoms with van der Waals surface area (Å²) in [5, 5.41) is 5.71. The van der Waals surface area contributed by atoms with Gasteiger partial charge in [-0.05, 0) is 30.3 Å². The summed E-state index contributed by atoms with van der Waals surface area (Å²) in [6.07, 6.45) is 2.51. The first-order valence-corrected chi connectivity index (χ1v) is 6.63. The van der Waals surface area contributed by atoms with Gasteiger partial charge in [-0.3, -0.25) is 0 Å². The minimum Gasteiger partial charge on any atom is -0.502 e. The van der Waals surface area contributed by atoms with E-state index in [0.717, 1.165) is 19.6 Å². The first-order chi connectivity index (χ1) is 7.75. The zero-order valence-corrected chi connectivity index (χ0v) is 10.9. The lowest BCUT2D eigenvalue weighted by Gasteiger charge is -2.21. The van der Waals surface area contributed by atoms with E-state index < -0.39 is 0 Å². The van der Waals surface area contributed by atoms with E-state index in [-0.39, 0.29) is 0 Å². The minimum atomic E-state index is 0.462. The van der Waals surface area contributed by atoms with Gasteiger partial charge in [0.2, 0.25) is 0 Å². The molecule has 1 rings (SSSR count). The topological polar surface area (TPSA) is 21.3 Å². The second kappa shape index (κ2) is 7.47. The van der Waals surface area contributed by atoms with Gasteiger partial charge in [0.15, 0.2) is 0 Å². The van der Waals surface area contributed by atoms with Gasteiger partial charge in [0.1, 0.15) is 0 Å². The van der Waals surface area contributed by atoms with E-state index in [2.05, 4.69) is 43.3 Å². The molecule has 0 saturated heterocycles. The third kappa shape index (κ3) is 4.37. The molecule has 1 atom stereocenters. The van der Waals surface area contributed by atoms with Crippen molar-refractivity contribution in [1.29, 1.82) is 0 Å². The highest BCUT2D eigenvalue weighted by Crippen LogP contribution is 2.25. The molecule has 0 amide bonds. The van der Waals surface area contributed by atoms with Crippen LogP contribution in [-0.4, -0.2) is 13.2 Å². The number of ether oxygens (including phenoxy) is 1. The van der Waals surface area contributed by atoms with Crippen LogP contribution in [0.4, 0.5) is 0 Å². The van der Waals surface area contributed by atoms with Gasteiger partial charge in [-0.1, -0.05) is 26.5 Å². The van der Waals surface area contributed by atoms with Crippen LogP contribution in [0.25, 0.3) is 0 Å². The predicted molar refractivity (Wildman–Crippen MR) is 70.7 cm³/mol. The van der Waals surface area contributed by atoms with Gasteiger partial charge in [-0.2, -0.15) is 0 Å². The van der Waals surface area contributed by atoms with Crippen molar-refractivity contribution in [3.05, 3.63) is 35.2 Å². The van der Waals surface area contributed by atoms with Crippen molar-refractivity contribution >= 4 is 11.3 Å². The third-order valence-electron chi connectivity index (χ3n) is 2.44. The van der Waals surface area contributed by atoms with E-state index in [4.69, 9.17) is 4.74 Å². The van der Waals surface area contributed by atoms with Crippen molar-refractivity contribution in [2.75, 3.05) is 13.2 Å². The van der Waals surface area contributed by atoms with Crippen LogP contribution in [0.3, 0.4) is 0 Å². The van der Waals surface area contributed by atoms with Gasteiger partial charge in [0.05, 0.1) is 12.9 Å². The number of hydrogen-bond acceptors (Lipinski definition) is 3. The van der Waals surface area contributed by atoms with E-state index in [0.29, 0.717) is 12.0 Å². The van der Waals surface area contributed by atoms with Crippen LogP contribution in [0.15, 0.2) is 30.4 Å². The SMILES string of the molecule is C=COCCCNC(c1cccs1)C(C)C. The zero-order chi connectivity index (χ0) is 11.8. The van der Waals surface area contributed by atoms with Crippen LogP contribution in [0.2, 0.25) is 0 Å². The van der Waals surface area contributed by atoms with Crippen molar-refractivity contribution in [2.45, 2.75) is 26.3 Å². The summed E-state index contributed by atoms with van der Waals surface area (Å²) in [5.41, 5.74) is 0. The highest BCUT2D eigenvalue weighted by atomic mass is 32.1. The summed E-state index contributed by atoms with van der Waals surface area (Å²) < 4.78 is 5.09. The van der Waals surface area contributed by atoms with Crippen molar-refractivity contribution in [3.63, 3.8) is 0 Å². The highest BCUT2D eigenvalue weighted by molar-refractivity contribution is 7.10. The average molecular weight is 239 g/mol. The largest absolute Gasteiger partial charge is 0.502 e. The molecule has 0 aliphatic rings. The standard InChI is InChI=1S/C13H21NOS/c1-4-15-9-6-8-14-13(11(2)3)12-7-5-10-16-12/h4-5,7,10-11,13-14H,1,6,8-9H2,2-3H3. The molecular formula is C13H21NOS. The molecule has 2 nitrogen and oxygen atoms in total. The molecule has 0 radical (unpaired) electrons. The maximum Gasteiger partial charge on any atom is 0.0885 e. The summed E-state index contributed by atoms with van der Waals surface area (Å²) in [6.45, 7) is 9.74. The molecule has 1 aromatic heterocycles. The minimum absolute atomic E-state index is 0.462. The van der Waals surface area contributed by atoms with Gasteiger partial charge in [-0.15, -0.1) is 11.3 Å². The molecule has 1 heterocycles. The number of nitrogens with one attached hydrogen (secondary N) is 1. The molecule has 0 bridgehead atoms. The molecule has 0 aliphatic carbocycles. The summed E-state index contributed by atoms with van der Waals surface area (Å²) in [7, 11) is 0. The molecule has 0 saturated carbocycles. The van der Waals surface area contributed by atoms with E-state index >= 15 is 0 Å². The summed E-state index contributed by atoms with van der Waals surface area (Å²) in [6, 6.07) is 4.77. The van der Waals surface area contributed by atoms with E-state index in [1.165, 1.54) is 11.1 Å². The van der Waals surface area contributed by atoms with E-state index in [1.807, 2.05) is 11.3 Å². The Hall–Kier alpha value is -0.800. The highest BCUT2D eigenvalue weighted by Gasteiger charge is 2.15. The molecule has 1 unspecified atom stereocenters. The van der Waals surface area contributed by atoms with Crippen LogP contribution in [0, 0.1) is 5.92 Å². The Bertz CT molecular complexity index is 282. The Morgan fingerprint density at radius 1 is 1.56 bits per heavy atom. The Balaban J connectivity index is 2.32. The van der Waals surface area contributed by atoms with Gasteiger partial charge < -0.3 is 10.1 Å². The van der Waals surface area contributed by atoms with Crippen LogP contribution in [0.5, 0.6) is 0 Å². The second-order valence-electron chi connectivity index (χ2n) is 4.08. The van der Waals surface area contributed by atoms with Crippen molar-refractivity contribution in [3.8, 4) is 0 Å². The molecule has 1 N–H and O–H groups in total. The Labute approximate surface area is 102 Å². The van der Waals surface area contributed by atoms with E-state index in [9.17, 15) is 0 Å². The van der Waals surface area contributed by atoms with Gasteiger partial charge in [0, 0.05) is 10.9 Å². The molecular weight excluding hydrogens is 218 g/mol. The van der Waals surface area contributed by atoms with E-state index in [1.54, 1.807) is 0 Å². The second-order valence-corrected chi connectivity index (χ2v) is 5.06. The molecule has 90 valence electrons. The maximum absolute atomic E-state index is 5.09. The Morgan fingerprint density at radius 2 is 2.38 bits per heavy atom. The fourth-order valence-corrected chi connectivity index (χ4v) is 2.60. The molecule has 3 heteroatoms. The molecule has 0 fully saturated rings. The first-order valence-electron chi connectivity index (χ1n) is 5.75. The fourth-order valence-electron chi connectivity index (χ4n) is 1.63. The Morgan fingerprint density at radius 3 is 2.94 bits per heavy atom. The average Bonchev–Trinajstić information content (AvgIpc) is 2.76. The zero-order valence-electron chi connectivity index (χ0n) is 10.1. The predicted octanol–water partition coefficient (Wildman–Crippen LogP) is 3.59.